The Hall–Kier alpha value is -1.55. The Labute approximate surface area is 133 Å². The van der Waals surface area contributed by atoms with Crippen LogP contribution in [0.4, 0.5) is 0 Å². The molecule has 0 aromatic heterocycles. The number of nitrogens with zero attached hydrogens (tertiary/aromatic N) is 1. The molecule has 0 aliphatic carbocycles. The van der Waals surface area contributed by atoms with Crippen molar-refractivity contribution >= 4 is 5.91 Å². The highest BCUT2D eigenvalue weighted by atomic mass is 16.5. The van der Waals surface area contributed by atoms with E-state index in [4.69, 9.17) is 10.5 Å². The van der Waals surface area contributed by atoms with Crippen molar-refractivity contribution in [3.8, 4) is 5.75 Å². The van der Waals surface area contributed by atoms with Gasteiger partial charge in [-0.3, -0.25) is 4.79 Å². The Morgan fingerprint density at radius 3 is 2.77 bits per heavy atom. The van der Waals surface area contributed by atoms with Gasteiger partial charge >= 0.3 is 0 Å². The number of piperidine rings is 1. The van der Waals surface area contributed by atoms with Crippen LogP contribution in [-0.2, 0) is 11.2 Å². The maximum atomic E-state index is 12.4. The van der Waals surface area contributed by atoms with Gasteiger partial charge in [0.15, 0.2) is 0 Å². The van der Waals surface area contributed by atoms with E-state index in [1.807, 2.05) is 17.0 Å². The van der Waals surface area contributed by atoms with E-state index in [1.165, 1.54) is 12.0 Å². The van der Waals surface area contributed by atoms with Gasteiger partial charge in [0.05, 0.1) is 6.61 Å². The molecule has 22 heavy (non-hydrogen) atoms. The van der Waals surface area contributed by atoms with E-state index in [0.29, 0.717) is 13.0 Å². The molecule has 1 atom stereocenters. The van der Waals surface area contributed by atoms with Crippen molar-refractivity contribution < 1.29 is 9.53 Å². The van der Waals surface area contributed by atoms with Gasteiger partial charge in [-0.2, -0.15) is 0 Å². The molecule has 1 amide bonds. The van der Waals surface area contributed by atoms with E-state index in [1.54, 1.807) is 0 Å². The summed E-state index contributed by atoms with van der Waals surface area (Å²) in [7, 11) is 0. The lowest BCUT2D eigenvalue weighted by Gasteiger charge is -2.35. The summed E-state index contributed by atoms with van der Waals surface area (Å²) >= 11 is 0. The molecule has 0 spiro atoms. The van der Waals surface area contributed by atoms with Crippen LogP contribution in [0.3, 0.4) is 0 Å². The third-order valence-electron chi connectivity index (χ3n) is 4.24. The van der Waals surface area contributed by atoms with Crippen LogP contribution in [0.15, 0.2) is 24.3 Å². The monoisotopic (exact) mass is 304 g/mol. The highest BCUT2D eigenvalue weighted by Crippen LogP contribution is 2.19. The first-order valence-corrected chi connectivity index (χ1v) is 8.46. The first-order valence-electron chi connectivity index (χ1n) is 8.46. The minimum absolute atomic E-state index is 0.237. The van der Waals surface area contributed by atoms with Gasteiger partial charge < -0.3 is 15.4 Å². The summed E-state index contributed by atoms with van der Waals surface area (Å²) in [4.78, 5) is 14.4. The number of carbonyl (C=O) groups excluding carboxylic acids is 1. The van der Waals surface area contributed by atoms with Crippen LogP contribution in [0.2, 0.25) is 0 Å². The Kier molecular flexibility index (Phi) is 6.72. The second-order valence-corrected chi connectivity index (χ2v) is 5.96. The Bertz CT molecular complexity index is 459. The molecule has 1 aromatic carbocycles. The lowest BCUT2D eigenvalue weighted by molar-refractivity contribution is -0.134. The molecule has 122 valence electrons. The standard InChI is InChI=1S/C18H28N2O2/c1-2-13-22-17-9-6-15(7-10-17)8-11-18(21)20-12-4-3-5-16(20)14-19/h6-7,9-10,16H,2-5,8,11-14,19H2,1H3. The van der Waals surface area contributed by atoms with E-state index in [2.05, 4.69) is 19.1 Å². The summed E-state index contributed by atoms with van der Waals surface area (Å²) in [6.07, 6.45) is 5.68. The maximum Gasteiger partial charge on any atom is 0.223 e. The normalized spacial score (nSPS) is 18.3. The van der Waals surface area contributed by atoms with Gasteiger partial charge in [-0.1, -0.05) is 19.1 Å². The van der Waals surface area contributed by atoms with E-state index in [9.17, 15) is 4.79 Å². The smallest absolute Gasteiger partial charge is 0.223 e. The average Bonchev–Trinajstić information content (AvgIpc) is 2.58. The van der Waals surface area contributed by atoms with Crippen molar-refractivity contribution in [2.24, 2.45) is 5.73 Å². The van der Waals surface area contributed by atoms with Gasteiger partial charge in [0, 0.05) is 25.6 Å². The van der Waals surface area contributed by atoms with E-state index in [-0.39, 0.29) is 11.9 Å². The van der Waals surface area contributed by atoms with Crippen LogP contribution in [0.5, 0.6) is 5.75 Å². The predicted octanol–water partition coefficient (Wildman–Crippen LogP) is 2.75. The second kappa shape index (κ2) is 8.79. The van der Waals surface area contributed by atoms with Crippen LogP contribution >= 0.6 is 0 Å². The molecule has 0 radical (unpaired) electrons. The van der Waals surface area contributed by atoms with Gasteiger partial charge in [-0.25, -0.2) is 0 Å². The molecule has 2 rings (SSSR count). The molecule has 4 nitrogen and oxygen atoms in total. The second-order valence-electron chi connectivity index (χ2n) is 5.96. The average molecular weight is 304 g/mol. The van der Waals surface area contributed by atoms with Crippen molar-refractivity contribution in [1.29, 1.82) is 0 Å². The number of amides is 1. The van der Waals surface area contributed by atoms with E-state index < -0.39 is 0 Å². The zero-order valence-corrected chi connectivity index (χ0v) is 13.6. The van der Waals surface area contributed by atoms with Crippen LogP contribution in [0.25, 0.3) is 0 Å². The number of benzene rings is 1. The molecule has 1 aliphatic rings. The summed E-state index contributed by atoms with van der Waals surface area (Å²) in [6.45, 7) is 4.28. The molecule has 0 saturated carbocycles. The third-order valence-corrected chi connectivity index (χ3v) is 4.24. The number of carbonyl (C=O) groups is 1. The highest BCUT2D eigenvalue weighted by Gasteiger charge is 2.24. The number of likely N-dealkylation sites (tertiary alicyclic amines) is 1. The van der Waals surface area contributed by atoms with Crippen molar-refractivity contribution in [3.05, 3.63) is 29.8 Å². The molecule has 1 aliphatic heterocycles. The number of nitrogens with two attached hydrogens (primary N) is 1. The number of rotatable bonds is 7. The third kappa shape index (κ3) is 4.73. The molecular formula is C18H28N2O2. The van der Waals surface area contributed by atoms with Crippen LogP contribution in [0.1, 0.15) is 44.6 Å². The molecule has 1 unspecified atom stereocenters. The van der Waals surface area contributed by atoms with Gasteiger partial charge in [0.1, 0.15) is 5.75 Å². The van der Waals surface area contributed by atoms with Crippen molar-refractivity contribution in [1.82, 2.24) is 4.90 Å². The summed E-state index contributed by atoms with van der Waals surface area (Å²) in [6, 6.07) is 8.31. The Morgan fingerprint density at radius 1 is 1.32 bits per heavy atom. The fraction of sp³-hybridized carbons (Fsp3) is 0.611. The zero-order chi connectivity index (χ0) is 15.8. The lowest BCUT2D eigenvalue weighted by atomic mass is 10.0. The molecule has 1 heterocycles. The minimum atomic E-state index is 0.237. The lowest BCUT2D eigenvalue weighted by Crippen LogP contribution is -2.47. The van der Waals surface area contributed by atoms with E-state index >= 15 is 0 Å². The van der Waals surface area contributed by atoms with Gasteiger partial charge in [-0.05, 0) is 49.8 Å². The summed E-state index contributed by atoms with van der Waals surface area (Å²) in [5.74, 6) is 1.14. The molecule has 1 saturated heterocycles. The number of hydrogen-bond donors (Lipinski definition) is 1. The van der Waals surface area contributed by atoms with Gasteiger partial charge in [-0.15, -0.1) is 0 Å². The van der Waals surface area contributed by atoms with E-state index in [0.717, 1.165) is 44.6 Å². The Balaban J connectivity index is 1.82. The summed E-state index contributed by atoms with van der Waals surface area (Å²) < 4.78 is 5.57. The fourth-order valence-electron chi connectivity index (χ4n) is 2.94. The fourth-order valence-corrected chi connectivity index (χ4v) is 2.94. The molecular weight excluding hydrogens is 276 g/mol. The van der Waals surface area contributed by atoms with Crippen LogP contribution < -0.4 is 10.5 Å². The molecule has 0 bridgehead atoms. The molecule has 1 fully saturated rings. The van der Waals surface area contributed by atoms with Gasteiger partial charge in [0.25, 0.3) is 0 Å². The van der Waals surface area contributed by atoms with Crippen molar-refractivity contribution in [2.45, 2.75) is 51.5 Å². The quantitative estimate of drug-likeness (QED) is 0.842. The zero-order valence-electron chi connectivity index (χ0n) is 13.6. The number of aryl methyl sites for hydroxylation is 1. The minimum Gasteiger partial charge on any atom is -0.494 e. The topological polar surface area (TPSA) is 55.6 Å². The number of ether oxygens (including phenoxy) is 1. The Morgan fingerprint density at radius 2 is 2.09 bits per heavy atom. The summed E-state index contributed by atoms with van der Waals surface area (Å²) in [5, 5.41) is 0. The molecule has 2 N–H and O–H groups in total. The first kappa shape index (κ1) is 16.8. The highest BCUT2D eigenvalue weighted by molar-refractivity contribution is 5.77. The van der Waals surface area contributed by atoms with Gasteiger partial charge in [0.2, 0.25) is 5.91 Å². The van der Waals surface area contributed by atoms with Crippen molar-refractivity contribution in [3.63, 3.8) is 0 Å². The first-order chi connectivity index (χ1) is 10.7. The largest absolute Gasteiger partial charge is 0.494 e. The molecule has 1 aromatic rings. The maximum absolute atomic E-state index is 12.4. The molecule has 4 heteroatoms. The SMILES string of the molecule is CCCOc1ccc(CCC(=O)N2CCCCC2CN)cc1. The van der Waals surface area contributed by atoms with Crippen LogP contribution in [-0.4, -0.2) is 36.5 Å². The van der Waals surface area contributed by atoms with Crippen LogP contribution in [0, 0.1) is 0 Å². The summed E-state index contributed by atoms with van der Waals surface area (Å²) in [5.41, 5.74) is 6.97. The van der Waals surface area contributed by atoms with Crippen molar-refractivity contribution in [2.75, 3.05) is 19.7 Å². The predicted molar refractivity (Wildman–Crippen MR) is 89.0 cm³/mol. The number of hydrogen-bond acceptors (Lipinski definition) is 3.